The molecular weight excluding hydrogens is 350 g/mol. The summed E-state index contributed by atoms with van der Waals surface area (Å²) in [5.74, 6) is 0.0724. The molecule has 5 nitrogen and oxygen atoms in total. The SMILES string of the molecule is CN1CCC(N2CC[C@@H](CNC(=O)c3cccc4ccccc34)[C@H](O)C2)CC1. The van der Waals surface area contributed by atoms with E-state index in [-0.39, 0.29) is 17.9 Å². The van der Waals surface area contributed by atoms with E-state index in [1.807, 2.05) is 42.5 Å². The van der Waals surface area contributed by atoms with Gasteiger partial charge in [-0.05, 0) is 62.8 Å². The van der Waals surface area contributed by atoms with Gasteiger partial charge < -0.3 is 15.3 Å². The number of likely N-dealkylation sites (tertiary alicyclic amines) is 2. The van der Waals surface area contributed by atoms with Crippen molar-refractivity contribution in [2.45, 2.75) is 31.4 Å². The molecule has 0 saturated carbocycles. The molecule has 2 aliphatic heterocycles. The Kier molecular flexibility index (Phi) is 5.95. The Morgan fingerprint density at radius 1 is 1.07 bits per heavy atom. The maximum Gasteiger partial charge on any atom is 0.251 e. The Morgan fingerprint density at radius 2 is 1.82 bits per heavy atom. The van der Waals surface area contributed by atoms with Crippen LogP contribution in [-0.2, 0) is 0 Å². The molecule has 2 heterocycles. The summed E-state index contributed by atoms with van der Waals surface area (Å²) in [7, 11) is 2.18. The van der Waals surface area contributed by atoms with E-state index in [9.17, 15) is 9.90 Å². The Morgan fingerprint density at radius 3 is 2.61 bits per heavy atom. The third-order valence-electron chi connectivity index (χ3n) is 6.52. The van der Waals surface area contributed by atoms with Gasteiger partial charge in [0.15, 0.2) is 0 Å². The maximum absolute atomic E-state index is 12.7. The second-order valence-corrected chi connectivity index (χ2v) is 8.38. The minimum absolute atomic E-state index is 0.0539. The van der Waals surface area contributed by atoms with Gasteiger partial charge in [-0.3, -0.25) is 9.69 Å². The highest BCUT2D eigenvalue weighted by Crippen LogP contribution is 2.24. The Labute approximate surface area is 167 Å². The molecule has 2 N–H and O–H groups in total. The molecule has 0 aliphatic carbocycles. The summed E-state index contributed by atoms with van der Waals surface area (Å²) in [6.45, 7) is 4.55. The number of aliphatic hydroxyl groups excluding tert-OH is 1. The van der Waals surface area contributed by atoms with Crippen molar-refractivity contribution in [3.8, 4) is 0 Å². The van der Waals surface area contributed by atoms with Gasteiger partial charge in [-0.15, -0.1) is 0 Å². The van der Waals surface area contributed by atoms with Gasteiger partial charge in [-0.25, -0.2) is 0 Å². The molecule has 0 radical (unpaired) electrons. The van der Waals surface area contributed by atoms with Crippen LogP contribution in [0.25, 0.3) is 10.8 Å². The second-order valence-electron chi connectivity index (χ2n) is 8.38. The fraction of sp³-hybridized carbons (Fsp3) is 0.522. The van der Waals surface area contributed by atoms with Crippen LogP contribution in [0, 0.1) is 5.92 Å². The largest absolute Gasteiger partial charge is 0.391 e. The average Bonchev–Trinajstić information content (AvgIpc) is 2.73. The quantitative estimate of drug-likeness (QED) is 0.854. The maximum atomic E-state index is 12.7. The highest BCUT2D eigenvalue weighted by atomic mass is 16.3. The zero-order chi connectivity index (χ0) is 19.5. The second kappa shape index (κ2) is 8.60. The van der Waals surface area contributed by atoms with Crippen LogP contribution in [0.3, 0.4) is 0 Å². The number of amides is 1. The minimum atomic E-state index is -0.374. The molecular formula is C23H31N3O2. The number of fused-ring (bicyclic) bond motifs is 1. The van der Waals surface area contributed by atoms with Crippen molar-refractivity contribution in [2.24, 2.45) is 5.92 Å². The predicted octanol–water partition coefficient (Wildman–Crippen LogP) is 2.35. The monoisotopic (exact) mass is 381 g/mol. The molecule has 4 rings (SSSR count). The summed E-state index contributed by atoms with van der Waals surface area (Å²) in [5.41, 5.74) is 0.705. The van der Waals surface area contributed by atoms with Crippen molar-refractivity contribution in [1.82, 2.24) is 15.1 Å². The first-order valence-electron chi connectivity index (χ1n) is 10.5. The lowest BCUT2D eigenvalue weighted by atomic mass is 9.91. The molecule has 2 aromatic rings. The summed E-state index contributed by atoms with van der Waals surface area (Å²) in [4.78, 5) is 17.6. The lowest BCUT2D eigenvalue weighted by Crippen LogP contribution is -2.53. The van der Waals surface area contributed by atoms with Gasteiger partial charge in [-0.1, -0.05) is 36.4 Å². The highest BCUT2D eigenvalue weighted by molar-refractivity contribution is 6.06. The molecule has 150 valence electrons. The number of nitrogens with zero attached hydrogens (tertiary/aromatic N) is 2. The van der Waals surface area contributed by atoms with Gasteiger partial charge in [-0.2, -0.15) is 0 Å². The van der Waals surface area contributed by atoms with Crippen LogP contribution in [0.1, 0.15) is 29.6 Å². The third-order valence-corrected chi connectivity index (χ3v) is 6.52. The van der Waals surface area contributed by atoms with Crippen LogP contribution in [0.5, 0.6) is 0 Å². The molecule has 5 heteroatoms. The van der Waals surface area contributed by atoms with Gasteiger partial charge in [0.1, 0.15) is 0 Å². The lowest BCUT2D eigenvalue weighted by molar-refractivity contribution is -0.00733. The molecule has 2 saturated heterocycles. The molecule has 2 fully saturated rings. The van der Waals surface area contributed by atoms with E-state index < -0.39 is 0 Å². The van der Waals surface area contributed by atoms with E-state index in [1.54, 1.807) is 0 Å². The van der Waals surface area contributed by atoms with E-state index in [2.05, 4.69) is 22.2 Å². The van der Waals surface area contributed by atoms with E-state index in [0.717, 1.165) is 43.4 Å². The van der Waals surface area contributed by atoms with Crippen LogP contribution in [0.15, 0.2) is 42.5 Å². The van der Waals surface area contributed by atoms with Crippen LogP contribution in [-0.4, -0.2) is 72.7 Å². The van der Waals surface area contributed by atoms with E-state index in [1.165, 1.54) is 12.8 Å². The summed E-state index contributed by atoms with van der Waals surface area (Å²) in [6, 6.07) is 14.4. The van der Waals surface area contributed by atoms with Crippen LogP contribution >= 0.6 is 0 Å². The number of hydrogen-bond acceptors (Lipinski definition) is 4. The van der Waals surface area contributed by atoms with Crippen molar-refractivity contribution in [1.29, 1.82) is 0 Å². The number of aliphatic hydroxyl groups is 1. The fourth-order valence-electron chi connectivity index (χ4n) is 4.68. The molecule has 0 unspecified atom stereocenters. The van der Waals surface area contributed by atoms with Crippen molar-refractivity contribution in [3.05, 3.63) is 48.0 Å². The topological polar surface area (TPSA) is 55.8 Å². The van der Waals surface area contributed by atoms with Gasteiger partial charge >= 0.3 is 0 Å². The highest BCUT2D eigenvalue weighted by Gasteiger charge is 2.32. The van der Waals surface area contributed by atoms with E-state index in [4.69, 9.17) is 0 Å². The number of hydrogen-bond donors (Lipinski definition) is 2. The number of carbonyl (C=O) groups is 1. The van der Waals surface area contributed by atoms with Gasteiger partial charge in [0.25, 0.3) is 5.91 Å². The Balaban J connectivity index is 1.32. The summed E-state index contributed by atoms with van der Waals surface area (Å²) < 4.78 is 0. The van der Waals surface area contributed by atoms with Crippen molar-refractivity contribution in [2.75, 3.05) is 39.8 Å². The Bertz CT molecular complexity index is 811. The van der Waals surface area contributed by atoms with Crippen LogP contribution in [0.4, 0.5) is 0 Å². The standard InChI is InChI=1S/C23H31N3O2/c1-25-12-10-19(11-13-25)26-14-9-18(22(27)16-26)15-24-23(28)21-8-4-6-17-5-2-3-7-20(17)21/h2-8,18-19,22,27H,9-16H2,1H3,(H,24,28)/t18-,22+/m0/s1. The van der Waals surface area contributed by atoms with Crippen LogP contribution < -0.4 is 5.32 Å². The number of nitrogens with one attached hydrogen (secondary N) is 1. The normalized spacial score (nSPS) is 25.1. The number of benzene rings is 2. The number of piperidine rings is 2. The first-order valence-corrected chi connectivity index (χ1v) is 10.5. The fourth-order valence-corrected chi connectivity index (χ4v) is 4.68. The smallest absolute Gasteiger partial charge is 0.251 e. The zero-order valence-electron chi connectivity index (χ0n) is 16.7. The van der Waals surface area contributed by atoms with Crippen molar-refractivity contribution >= 4 is 16.7 Å². The molecule has 0 bridgehead atoms. The number of carbonyl (C=O) groups excluding carboxylic acids is 1. The minimum Gasteiger partial charge on any atom is -0.391 e. The summed E-state index contributed by atoms with van der Waals surface area (Å²) >= 11 is 0. The van der Waals surface area contributed by atoms with E-state index in [0.29, 0.717) is 18.2 Å². The van der Waals surface area contributed by atoms with Gasteiger partial charge in [0.2, 0.25) is 0 Å². The lowest BCUT2D eigenvalue weighted by Gasteiger charge is -2.43. The van der Waals surface area contributed by atoms with Crippen molar-refractivity contribution < 1.29 is 9.90 Å². The number of rotatable bonds is 4. The molecule has 2 aliphatic rings. The molecule has 28 heavy (non-hydrogen) atoms. The van der Waals surface area contributed by atoms with E-state index >= 15 is 0 Å². The van der Waals surface area contributed by atoms with Gasteiger partial charge in [0, 0.05) is 30.6 Å². The molecule has 0 spiro atoms. The predicted molar refractivity (Wildman–Crippen MR) is 112 cm³/mol. The molecule has 0 aromatic heterocycles. The first-order chi connectivity index (χ1) is 13.6. The van der Waals surface area contributed by atoms with Crippen molar-refractivity contribution in [3.63, 3.8) is 0 Å². The molecule has 2 atom stereocenters. The third kappa shape index (κ3) is 4.22. The number of β-amino-alcohol motifs (C(OH)–C–C–N with tert-alkyl or cyclic N) is 1. The molecule has 2 aromatic carbocycles. The van der Waals surface area contributed by atoms with Crippen LogP contribution in [0.2, 0.25) is 0 Å². The summed E-state index contributed by atoms with van der Waals surface area (Å²) in [5, 5.41) is 15.8. The first kappa shape index (κ1) is 19.4. The molecule has 1 amide bonds. The van der Waals surface area contributed by atoms with Gasteiger partial charge in [0.05, 0.1) is 6.10 Å². The Hall–Kier alpha value is -1.95. The average molecular weight is 382 g/mol. The summed E-state index contributed by atoms with van der Waals surface area (Å²) in [6.07, 6.45) is 2.93. The zero-order valence-corrected chi connectivity index (χ0v) is 16.7.